The van der Waals surface area contributed by atoms with Crippen molar-refractivity contribution >= 4 is 17.6 Å². The maximum atomic E-state index is 12.0. The van der Waals surface area contributed by atoms with Crippen molar-refractivity contribution in [3.05, 3.63) is 30.4 Å². The van der Waals surface area contributed by atoms with Gasteiger partial charge in [0.2, 0.25) is 5.91 Å². The summed E-state index contributed by atoms with van der Waals surface area (Å²) in [4.78, 5) is 23.6. The van der Waals surface area contributed by atoms with E-state index in [4.69, 9.17) is 14.2 Å². The zero-order chi connectivity index (χ0) is 19.2. The molecule has 1 N–H and O–H groups in total. The number of nitrogens with one attached hydrogen (secondary N) is 1. The van der Waals surface area contributed by atoms with Crippen molar-refractivity contribution in [1.29, 1.82) is 0 Å². The number of hydrogen-bond acceptors (Lipinski definition) is 5. The van der Waals surface area contributed by atoms with Gasteiger partial charge in [0.15, 0.2) is 0 Å². The summed E-state index contributed by atoms with van der Waals surface area (Å²) < 4.78 is 15.4. The Morgan fingerprint density at radius 1 is 1.00 bits per heavy atom. The van der Waals surface area contributed by atoms with Crippen molar-refractivity contribution in [1.82, 2.24) is 0 Å². The molecule has 1 amide bonds. The van der Waals surface area contributed by atoms with Gasteiger partial charge in [-0.2, -0.15) is 0 Å². The van der Waals surface area contributed by atoms with Crippen LogP contribution in [0, 0.1) is 0 Å². The van der Waals surface area contributed by atoms with E-state index in [0.717, 1.165) is 31.4 Å². The summed E-state index contributed by atoms with van der Waals surface area (Å²) >= 11 is 0. The molecule has 6 heteroatoms. The predicted octanol–water partition coefficient (Wildman–Crippen LogP) is 4.10. The summed E-state index contributed by atoms with van der Waals surface area (Å²) in [5, 5.41) is 2.65. The summed E-state index contributed by atoms with van der Waals surface area (Å²) in [6.45, 7) is 2.55. The lowest BCUT2D eigenvalue weighted by Gasteiger charge is -2.10. The minimum atomic E-state index is -0.522. The molecule has 0 atom stereocenters. The van der Waals surface area contributed by atoms with Crippen LogP contribution in [-0.2, 0) is 14.3 Å². The Balaban J connectivity index is 2.37. The monoisotopic (exact) mass is 363 g/mol. The number of unbranched alkanes of at least 4 members (excludes halogenated alkanes) is 5. The van der Waals surface area contributed by atoms with Gasteiger partial charge in [-0.1, -0.05) is 39.0 Å². The number of anilines is 1. The van der Waals surface area contributed by atoms with Gasteiger partial charge < -0.3 is 19.5 Å². The van der Waals surface area contributed by atoms with Gasteiger partial charge in [0.1, 0.15) is 11.5 Å². The van der Waals surface area contributed by atoms with E-state index in [-0.39, 0.29) is 0 Å². The van der Waals surface area contributed by atoms with Crippen LogP contribution >= 0.6 is 0 Å². The molecule has 0 unspecified atom stereocenters. The Bertz CT molecular complexity index is 598. The summed E-state index contributed by atoms with van der Waals surface area (Å²) in [6.07, 6.45) is 8.99. The van der Waals surface area contributed by atoms with E-state index in [0.29, 0.717) is 23.8 Å². The first kappa shape index (κ1) is 21.5. The molecule has 0 radical (unpaired) electrons. The zero-order valence-corrected chi connectivity index (χ0v) is 15.9. The number of benzene rings is 1. The minimum absolute atomic E-state index is 0.376. The third-order valence-electron chi connectivity index (χ3n) is 3.78. The van der Waals surface area contributed by atoms with Crippen LogP contribution in [0.3, 0.4) is 0 Å². The van der Waals surface area contributed by atoms with E-state index in [1.807, 2.05) is 0 Å². The van der Waals surface area contributed by atoms with Crippen LogP contribution in [0.1, 0.15) is 45.4 Å². The largest absolute Gasteiger partial charge is 0.497 e. The first-order chi connectivity index (χ1) is 12.6. The molecule has 26 heavy (non-hydrogen) atoms. The van der Waals surface area contributed by atoms with Crippen molar-refractivity contribution in [3.8, 4) is 11.5 Å². The Hall–Kier alpha value is -2.50. The molecule has 0 saturated carbocycles. The quantitative estimate of drug-likeness (QED) is 0.344. The van der Waals surface area contributed by atoms with Crippen molar-refractivity contribution < 1.29 is 23.8 Å². The second-order valence-corrected chi connectivity index (χ2v) is 5.82. The number of amides is 1. The second-order valence-electron chi connectivity index (χ2n) is 5.82. The first-order valence-corrected chi connectivity index (χ1v) is 8.98. The zero-order valence-electron chi connectivity index (χ0n) is 15.9. The molecule has 0 aliphatic rings. The molecule has 0 saturated heterocycles. The standard InChI is InChI=1S/C20H29NO5/c1-4-5-6-7-8-9-14-26-20(23)13-12-19(22)21-17-15-16(24-2)10-11-18(17)25-3/h10-13,15H,4-9,14H2,1-3H3,(H,21,22)/b13-12+. The number of ether oxygens (including phenoxy) is 3. The SMILES string of the molecule is CCCCCCCCOC(=O)/C=C/C(=O)Nc1cc(OC)ccc1OC. The Kier molecular flexibility index (Phi) is 10.6. The minimum Gasteiger partial charge on any atom is -0.497 e. The van der Waals surface area contributed by atoms with E-state index >= 15 is 0 Å². The summed E-state index contributed by atoms with van der Waals surface area (Å²) in [5.74, 6) is 0.112. The normalized spacial score (nSPS) is 10.6. The van der Waals surface area contributed by atoms with Crippen molar-refractivity contribution in [2.45, 2.75) is 45.4 Å². The van der Waals surface area contributed by atoms with E-state index in [2.05, 4.69) is 12.2 Å². The number of hydrogen-bond donors (Lipinski definition) is 1. The van der Waals surface area contributed by atoms with Gasteiger partial charge in [-0.3, -0.25) is 4.79 Å². The average molecular weight is 363 g/mol. The predicted molar refractivity (Wildman–Crippen MR) is 102 cm³/mol. The number of esters is 1. The smallest absolute Gasteiger partial charge is 0.330 e. The fourth-order valence-electron chi connectivity index (χ4n) is 2.33. The van der Waals surface area contributed by atoms with E-state index < -0.39 is 11.9 Å². The van der Waals surface area contributed by atoms with Gasteiger partial charge in [-0.15, -0.1) is 0 Å². The van der Waals surface area contributed by atoms with Crippen LogP contribution in [0.2, 0.25) is 0 Å². The van der Waals surface area contributed by atoms with Crippen LogP contribution in [0.5, 0.6) is 11.5 Å². The van der Waals surface area contributed by atoms with Gasteiger partial charge in [-0.05, 0) is 18.6 Å². The molecular formula is C20H29NO5. The maximum absolute atomic E-state index is 12.0. The highest BCUT2D eigenvalue weighted by molar-refractivity contribution is 6.03. The van der Waals surface area contributed by atoms with E-state index in [1.165, 1.54) is 33.5 Å². The topological polar surface area (TPSA) is 73.9 Å². The molecule has 0 bridgehead atoms. The summed E-state index contributed by atoms with van der Waals surface area (Å²) in [5.41, 5.74) is 0.460. The van der Waals surface area contributed by atoms with Crippen LogP contribution in [0.15, 0.2) is 30.4 Å². The number of carbonyl (C=O) groups excluding carboxylic acids is 2. The molecule has 144 valence electrons. The van der Waals surface area contributed by atoms with E-state index in [1.54, 1.807) is 18.2 Å². The molecule has 0 aliphatic heterocycles. The summed E-state index contributed by atoms with van der Waals surface area (Å²) in [7, 11) is 3.04. The van der Waals surface area contributed by atoms with Gasteiger partial charge in [0.05, 0.1) is 26.5 Å². The number of methoxy groups -OCH3 is 2. The van der Waals surface area contributed by atoms with Crippen molar-refractivity contribution in [3.63, 3.8) is 0 Å². The molecule has 1 rings (SSSR count). The van der Waals surface area contributed by atoms with Crippen LogP contribution in [0.25, 0.3) is 0 Å². The van der Waals surface area contributed by atoms with Gasteiger partial charge in [-0.25, -0.2) is 4.79 Å². The fourth-order valence-corrected chi connectivity index (χ4v) is 2.33. The maximum Gasteiger partial charge on any atom is 0.330 e. The first-order valence-electron chi connectivity index (χ1n) is 8.98. The van der Waals surface area contributed by atoms with Crippen molar-refractivity contribution in [2.75, 3.05) is 26.1 Å². The Morgan fingerprint density at radius 2 is 1.73 bits per heavy atom. The van der Waals surface area contributed by atoms with Crippen LogP contribution in [-0.4, -0.2) is 32.7 Å². The lowest BCUT2D eigenvalue weighted by Crippen LogP contribution is -2.11. The molecule has 1 aromatic rings. The average Bonchev–Trinajstić information content (AvgIpc) is 2.65. The van der Waals surface area contributed by atoms with E-state index in [9.17, 15) is 9.59 Å². The molecule has 0 heterocycles. The second kappa shape index (κ2) is 12.8. The Morgan fingerprint density at radius 3 is 2.42 bits per heavy atom. The molecule has 0 aliphatic carbocycles. The molecule has 1 aromatic carbocycles. The molecule has 6 nitrogen and oxygen atoms in total. The summed E-state index contributed by atoms with van der Waals surface area (Å²) in [6, 6.07) is 5.05. The van der Waals surface area contributed by atoms with Crippen molar-refractivity contribution in [2.24, 2.45) is 0 Å². The molecule has 0 fully saturated rings. The highest BCUT2D eigenvalue weighted by Crippen LogP contribution is 2.28. The van der Waals surface area contributed by atoms with Gasteiger partial charge in [0, 0.05) is 18.2 Å². The highest BCUT2D eigenvalue weighted by atomic mass is 16.5. The lowest BCUT2D eigenvalue weighted by molar-refractivity contribution is -0.138. The number of carbonyl (C=O) groups is 2. The lowest BCUT2D eigenvalue weighted by atomic mass is 10.1. The Labute approximate surface area is 155 Å². The fraction of sp³-hybridized carbons (Fsp3) is 0.500. The molecule has 0 spiro atoms. The van der Waals surface area contributed by atoms with Crippen LogP contribution < -0.4 is 14.8 Å². The third-order valence-corrected chi connectivity index (χ3v) is 3.78. The van der Waals surface area contributed by atoms with Gasteiger partial charge >= 0.3 is 5.97 Å². The number of rotatable bonds is 12. The molecular weight excluding hydrogens is 334 g/mol. The van der Waals surface area contributed by atoms with Crippen LogP contribution in [0.4, 0.5) is 5.69 Å². The van der Waals surface area contributed by atoms with Gasteiger partial charge in [0.25, 0.3) is 0 Å². The molecule has 0 aromatic heterocycles. The highest BCUT2D eigenvalue weighted by Gasteiger charge is 2.08. The third kappa shape index (κ3) is 8.55.